The molecule has 2 unspecified atom stereocenters. The minimum Gasteiger partial charge on any atom is -0.480 e. The van der Waals surface area contributed by atoms with Gasteiger partial charge in [0, 0.05) is 0 Å². The number of aliphatic carboxylic acids is 1. The molecule has 2 N–H and O–H groups in total. The molecule has 1 aromatic carbocycles. The number of thiol groups is 1. The van der Waals surface area contributed by atoms with Crippen molar-refractivity contribution < 1.29 is 14.7 Å². The molecule has 4 aliphatic rings. The first-order chi connectivity index (χ1) is 13.9. The SMILES string of the molecule is C[C@H](NC(=O)C(C(CCS)c1ccccc1)C12CC3CC(CC(C3)C1)C2)C(=O)O. The molecule has 29 heavy (non-hydrogen) atoms. The van der Waals surface area contributed by atoms with Gasteiger partial charge in [-0.05, 0) is 92.3 Å². The predicted octanol–water partition coefficient (Wildman–Crippen LogP) is 4.51. The topological polar surface area (TPSA) is 66.4 Å². The third kappa shape index (κ3) is 4.08. The number of benzene rings is 1. The van der Waals surface area contributed by atoms with E-state index in [0.29, 0.717) is 5.75 Å². The van der Waals surface area contributed by atoms with Gasteiger partial charge in [-0.3, -0.25) is 9.59 Å². The Bertz CT molecular complexity index is 714. The Morgan fingerprint density at radius 2 is 1.66 bits per heavy atom. The molecule has 158 valence electrons. The van der Waals surface area contributed by atoms with Crippen LogP contribution in [-0.2, 0) is 9.59 Å². The van der Waals surface area contributed by atoms with Crippen molar-refractivity contribution in [3.05, 3.63) is 35.9 Å². The van der Waals surface area contributed by atoms with Crippen LogP contribution in [0, 0.1) is 29.1 Å². The van der Waals surface area contributed by atoms with Crippen LogP contribution in [-0.4, -0.2) is 28.8 Å². The van der Waals surface area contributed by atoms with Crippen LogP contribution in [0.2, 0.25) is 0 Å². The van der Waals surface area contributed by atoms with Crippen molar-refractivity contribution in [2.24, 2.45) is 29.1 Å². The fourth-order valence-electron chi connectivity index (χ4n) is 7.18. The zero-order valence-electron chi connectivity index (χ0n) is 17.2. The lowest BCUT2D eigenvalue weighted by Crippen LogP contribution is -2.56. The van der Waals surface area contributed by atoms with E-state index in [4.69, 9.17) is 0 Å². The average molecular weight is 416 g/mol. The van der Waals surface area contributed by atoms with Crippen molar-refractivity contribution in [2.75, 3.05) is 5.75 Å². The Labute approximate surface area is 179 Å². The first-order valence-electron chi connectivity index (χ1n) is 11.1. The Balaban J connectivity index is 1.72. The second-order valence-corrected chi connectivity index (χ2v) is 10.3. The zero-order valence-corrected chi connectivity index (χ0v) is 18.1. The Morgan fingerprint density at radius 3 is 2.14 bits per heavy atom. The van der Waals surface area contributed by atoms with Crippen LogP contribution in [0.3, 0.4) is 0 Å². The molecule has 0 aromatic heterocycles. The highest BCUT2D eigenvalue weighted by atomic mass is 32.1. The van der Waals surface area contributed by atoms with E-state index in [1.165, 1.54) is 24.8 Å². The summed E-state index contributed by atoms with van der Waals surface area (Å²) in [6.07, 6.45) is 8.15. The molecule has 4 fully saturated rings. The van der Waals surface area contributed by atoms with Gasteiger partial charge in [-0.2, -0.15) is 12.6 Å². The number of hydrogen-bond donors (Lipinski definition) is 3. The van der Waals surface area contributed by atoms with E-state index in [2.05, 4.69) is 30.1 Å². The van der Waals surface area contributed by atoms with Crippen LogP contribution in [0.15, 0.2) is 30.3 Å². The van der Waals surface area contributed by atoms with Crippen molar-refractivity contribution in [1.29, 1.82) is 0 Å². The zero-order chi connectivity index (χ0) is 20.6. The van der Waals surface area contributed by atoms with Gasteiger partial charge in [-0.1, -0.05) is 30.3 Å². The summed E-state index contributed by atoms with van der Waals surface area (Å²) < 4.78 is 0. The molecule has 0 radical (unpaired) electrons. The second kappa shape index (κ2) is 8.33. The third-order valence-corrected chi connectivity index (χ3v) is 8.09. The van der Waals surface area contributed by atoms with Gasteiger partial charge in [0.2, 0.25) is 5.91 Å². The largest absolute Gasteiger partial charge is 0.480 e. The van der Waals surface area contributed by atoms with E-state index in [1.807, 2.05) is 18.2 Å². The van der Waals surface area contributed by atoms with Gasteiger partial charge in [0.25, 0.3) is 0 Å². The molecule has 1 amide bonds. The van der Waals surface area contributed by atoms with Crippen molar-refractivity contribution in [2.45, 2.75) is 63.8 Å². The maximum atomic E-state index is 13.7. The number of carbonyl (C=O) groups excluding carboxylic acids is 1. The minimum absolute atomic E-state index is 0.000508. The third-order valence-electron chi connectivity index (χ3n) is 7.83. The molecule has 0 aliphatic heterocycles. The van der Waals surface area contributed by atoms with Crippen LogP contribution >= 0.6 is 12.6 Å². The molecule has 4 bridgehead atoms. The van der Waals surface area contributed by atoms with E-state index >= 15 is 0 Å². The average Bonchev–Trinajstić information content (AvgIpc) is 2.67. The van der Waals surface area contributed by atoms with Crippen molar-refractivity contribution in [3.8, 4) is 0 Å². The highest BCUT2D eigenvalue weighted by Crippen LogP contribution is 2.64. The summed E-state index contributed by atoms with van der Waals surface area (Å²) in [5, 5.41) is 12.2. The number of carboxylic acids is 1. The lowest BCUT2D eigenvalue weighted by atomic mass is 9.44. The lowest BCUT2D eigenvalue weighted by molar-refractivity contribution is -0.149. The molecular weight excluding hydrogens is 382 g/mol. The smallest absolute Gasteiger partial charge is 0.325 e. The standard InChI is InChI=1S/C24H33NO3S/c1-15(23(27)28)25-22(26)21(20(7-8-29)19-5-3-2-4-6-19)24-12-16-9-17(13-24)11-18(10-16)14-24/h2-6,15-18,20-21,29H,7-14H2,1H3,(H,25,26)(H,27,28)/t15-,16?,17?,18?,20?,21?,24?/m0/s1. The van der Waals surface area contributed by atoms with Gasteiger partial charge in [-0.25, -0.2) is 0 Å². The number of carbonyl (C=O) groups is 2. The van der Waals surface area contributed by atoms with Crippen molar-refractivity contribution in [1.82, 2.24) is 5.32 Å². The first kappa shape index (κ1) is 20.8. The number of hydrogen-bond acceptors (Lipinski definition) is 3. The number of nitrogens with one attached hydrogen (secondary N) is 1. The monoisotopic (exact) mass is 415 g/mol. The molecule has 4 aliphatic carbocycles. The van der Waals surface area contributed by atoms with E-state index in [1.54, 1.807) is 6.92 Å². The fourth-order valence-corrected chi connectivity index (χ4v) is 7.45. The van der Waals surface area contributed by atoms with E-state index in [-0.39, 0.29) is 23.2 Å². The summed E-state index contributed by atoms with van der Waals surface area (Å²) in [5.74, 6) is 1.76. The maximum absolute atomic E-state index is 13.7. The molecule has 4 saturated carbocycles. The molecule has 5 heteroatoms. The van der Waals surface area contributed by atoms with Gasteiger partial charge in [0.05, 0.1) is 5.92 Å². The van der Waals surface area contributed by atoms with E-state index in [9.17, 15) is 14.7 Å². The van der Waals surface area contributed by atoms with Gasteiger partial charge >= 0.3 is 5.97 Å². The molecule has 1 aromatic rings. The minimum atomic E-state index is -0.979. The van der Waals surface area contributed by atoms with Gasteiger partial charge in [0.1, 0.15) is 6.04 Å². The van der Waals surface area contributed by atoms with Crippen molar-refractivity contribution in [3.63, 3.8) is 0 Å². The Hall–Kier alpha value is -1.49. The van der Waals surface area contributed by atoms with Crippen LogP contribution in [0.5, 0.6) is 0 Å². The molecule has 0 heterocycles. The van der Waals surface area contributed by atoms with E-state index in [0.717, 1.165) is 43.4 Å². The maximum Gasteiger partial charge on any atom is 0.325 e. The summed E-state index contributed by atoms with van der Waals surface area (Å²) in [4.78, 5) is 25.1. The Morgan fingerprint density at radius 1 is 1.10 bits per heavy atom. The van der Waals surface area contributed by atoms with Crippen LogP contribution in [0.25, 0.3) is 0 Å². The molecule has 5 rings (SSSR count). The molecule has 4 nitrogen and oxygen atoms in total. The van der Waals surface area contributed by atoms with Gasteiger partial charge in [-0.15, -0.1) is 0 Å². The summed E-state index contributed by atoms with van der Waals surface area (Å²) in [7, 11) is 0. The van der Waals surface area contributed by atoms with E-state index < -0.39 is 12.0 Å². The number of amides is 1. The first-order valence-corrected chi connectivity index (χ1v) is 11.7. The quantitative estimate of drug-likeness (QED) is 0.547. The van der Waals surface area contributed by atoms with Crippen LogP contribution in [0.1, 0.15) is 63.4 Å². The van der Waals surface area contributed by atoms with Crippen LogP contribution in [0.4, 0.5) is 0 Å². The molecule has 3 atom stereocenters. The summed E-state index contributed by atoms with van der Waals surface area (Å²) in [6.45, 7) is 1.56. The molecule has 0 saturated heterocycles. The lowest BCUT2D eigenvalue weighted by Gasteiger charge is -2.60. The number of rotatable bonds is 8. The number of carboxylic acid groups (broad SMARTS) is 1. The molecule has 0 spiro atoms. The van der Waals surface area contributed by atoms with Gasteiger partial charge in [0.15, 0.2) is 0 Å². The van der Waals surface area contributed by atoms with Crippen molar-refractivity contribution >= 4 is 24.5 Å². The predicted molar refractivity (Wildman–Crippen MR) is 117 cm³/mol. The Kier molecular flexibility index (Phi) is 5.97. The highest BCUT2D eigenvalue weighted by Gasteiger charge is 2.57. The summed E-state index contributed by atoms with van der Waals surface area (Å²) >= 11 is 4.53. The summed E-state index contributed by atoms with van der Waals surface area (Å²) in [6, 6.07) is 9.45. The summed E-state index contributed by atoms with van der Waals surface area (Å²) in [5.41, 5.74) is 1.18. The van der Waals surface area contributed by atoms with Gasteiger partial charge < -0.3 is 10.4 Å². The normalized spacial score (nSPS) is 33.1. The highest BCUT2D eigenvalue weighted by molar-refractivity contribution is 7.80. The van der Waals surface area contributed by atoms with Crippen LogP contribution < -0.4 is 5.32 Å². The second-order valence-electron chi connectivity index (χ2n) is 9.86. The fraction of sp³-hybridized carbons (Fsp3) is 0.667. The molecular formula is C24H33NO3S.